The van der Waals surface area contributed by atoms with E-state index in [4.69, 9.17) is 25.8 Å². The largest absolute Gasteiger partial charge is 0.496 e. The first kappa shape index (κ1) is 18.6. The summed E-state index contributed by atoms with van der Waals surface area (Å²) < 4.78 is 15.8. The first-order valence-electron chi connectivity index (χ1n) is 7.39. The summed E-state index contributed by atoms with van der Waals surface area (Å²) in [7, 11) is 4.61. The van der Waals surface area contributed by atoms with E-state index in [1.807, 2.05) is 6.92 Å². The number of hydrazone groups is 1. The molecule has 25 heavy (non-hydrogen) atoms. The van der Waals surface area contributed by atoms with E-state index in [9.17, 15) is 4.79 Å². The van der Waals surface area contributed by atoms with Gasteiger partial charge in [0.15, 0.2) is 11.5 Å². The number of aryl methyl sites for hydroxylation is 1. The van der Waals surface area contributed by atoms with Crippen molar-refractivity contribution in [3.05, 3.63) is 52.0 Å². The lowest BCUT2D eigenvalue weighted by Gasteiger charge is -2.11. The lowest BCUT2D eigenvalue weighted by atomic mass is 10.1. The maximum Gasteiger partial charge on any atom is 0.271 e. The van der Waals surface area contributed by atoms with E-state index < -0.39 is 0 Å². The van der Waals surface area contributed by atoms with Crippen molar-refractivity contribution in [2.45, 2.75) is 6.92 Å². The Hall–Kier alpha value is -2.73. The molecule has 0 heterocycles. The third-order valence-electron chi connectivity index (χ3n) is 3.54. The Kier molecular flexibility index (Phi) is 6.25. The minimum absolute atomic E-state index is 0.363. The van der Waals surface area contributed by atoms with E-state index in [1.165, 1.54) is 27.5 Å². The molecule has 0 radical (unpaired) electrons. The predicted octanol–water partition coefficient (Wildman–Crippen LogP) is 3.44. The standard InChI is InChI=1S/C18H19ClN2O4/c1-11-5-6-12(7-14(11)19)18(22)21-20-10-13-8-16(24-3)17(25-4)9-15(13)23-2/h5-10H,1-4H3,(H,21,22)/b20-10-. The molecule has 1 N–H and O–H groups in total. The molecule has 0 aliphatic carbocycles. The normalized spacial score (nSPS) is 10.6. The van der Waals surface area contributed by atoms with E-state index >= 15 is 0 Å². The van der Waals surface area contributed by atoms with Gasteiger partial charge in [0, 0.05) is 22.2 Å². The van der Waals surface area contributed by atoms with Crippen LogP contribution in [0.15, 0.2) is 35.4 Å². The first-order valence-corrected chi connectivity index (χ1v) is 7.77. The van der Waals surface area contributed by atoms with Crippen molar-refractivity contribution in [1.29, 1.82) is 0 Å². The minimum Gasteiger partial charge on any atom is -0.496 e. The molecule has 0 aromatic heterocycles. The fourth-order valence-corrected chi connectivity index (χ4v) is 2.29. The second-order valence-corrected chi connectivity index (χ2v) is 5.52. The summed E-state index contributed by atoms with van der Waals surface area (Å²) in [5.74, 6) is 1.24. The van der Waals surface area contributed by atoms with Crippen LogP contribution >= 0.6 is 11.6 Å². The molecule has 0 spiro atoms. The van der Waals surface area contributed by atoms with Crippen LogP contribution in [0.3, 0.4) is 0 Å². The number of rotatable bonds is 6. The van der Waals surface area contributed by atoms with Gasteiger partial charge in [-0.3, -0.25) is 4.79 Å². The smallest absolute Gasteiger partial charge is 0.271 e. The van der Waals surface area contributed by atoms with Gasteiger partial charge >= 0.3 is 0 Å². The van der Waals surface area contributed by atoms with Crippen molar-refractivity contribution in [3.8, 4) is 17.2 Å². The van der Waals surface area contributed by atoms with Gasteiger partial charge in [0.05, 0.1) is 27.5 Å². The predicted molar refractivity (Wildman–Crippen MR) is 97.3 cm³/mol. The number of methoxy groups -OCH3 is 3. The van der Waals surface area contributed by atoms with Gasteiger partial charge in [-0.1, -0.05) is 17.7 Å². The Bertz CT molecular complexity index is 806. The number of nitrogens with one attached hydrogen (secondary N) is 1. The quantitative estimate of drug-likeness (QED) is 0.631. The lowest BCUT2D eigenvalue weighted by molar-refractivity contribution is 0.0955. The van der Waals surface area contributed by atoms with Crippen LogP contribution in [0.2, 0.25) is 5.02 Å². The van der Waals surface area contributed by atoms with Crippen molar-refractivity contribution >= 4 is 23.7 Å². The molecule has 0 bridgehead atoms. The first-order chi connectivity index (χ1) is 12.0. The fraction of sp³-hybridized carbons (Fsp3) is 0.222. The topological polar surface area (TPSA) is 69.2 Å². The van der Waals surface area contributed by atoms with Crippen LogP contribution in [-0.2, 0) is 0 Å². The molecule has 2 aromatic carbocycles. The number of carbonyl (C=O) groups excluding carboxylic acids is 1. The highest BCUT2D eigenvalue weighted by Gasteiger charge is 2.11. The van der Waals surface area contributed by atoms with E-state index in [1.54, 1.807) is 30.3 Å². The number of benzene rings is 2. The van der Waals surface area contributed by atoms with E-state index in [0.29, 0.717) is 33.4 Å². The highest BCUT2D eigenvalue weighted by molar-refractivity contribution is 6.31. The minimum atomic E-state index is -0.363. The molecule has 0 aliphatic rings. The Morgan fingerprint density at radius 3 is 2.28 bits per heavy atom. The molecular formula is C18H19ClN2O4. The summed E-state index contributed by atoms with van der Waals surface area (Å²) in [4.78, 5) is 12.1. The Balaban J connectivity index is 2.18. The number of halogens is 1. The monoisotopic (exact) mass is 362 g/mol. The molecule has 0 fully saturated rings. The number of nitrogens with zero attached hydrogens (tertiary/aromatic N) is 1. The zero-order chi connectivity index (χ0) is 18.4. The zero-order valence-electron chi connectivity index (χ0n) is 14.4. The third kappa shape index (κ3) is 4.42. The number of hydrogen-bond donors (Lipinski definition) is 1. The van der Waals surface area contributed by atoms with Crippen LogP contribution in [0.25, 0.3) is 0 Å². The molecule has 2 rings (SSSR count). The highest BCUT2D eigenvalue weighted by Crippen LogP contribution is 2.33. The number of hydrogen-bond acceptors (Lipinski definition) is 5. The summed E-state index contributed by atoms with van der Waals surface area (Å²) >= 11 is 6.03. The van der Waals surface area contributed by atoms with E-state index in [0.717, 1.165) is 5.56 Å². The van der Waals surface area contributed by atoms with Crippen molar-refractivity contribution in [2.75, 3.05) is 21.3 Å². The molecule has 0 unspecified atom stereocenters. The summed E-state index contributed by atoms with van der Waals surface area (Å²) in [6.45, 7) is 1.87. The van der Waals surface area contributed by atoms with Gasteiger partial charge in [0.1, 0.15) is 5.75 Å². The summed E-state index contributed by atoms with van der Waals surface area (Å²) in [6.07, 6.45) is 1.47. The van der Waals surface area contributed by atoms with E-state index in [2.05, 4.69) is 10.5 Å². The van der Waals surface area contributed by atoms with E-state index in [-0.39, 0.29) is 5.91 Å². The molecule has 132 valence electrons. The molecule has 7 heteroatoms. The second kappa shape index (κ2) is 8.39. The molecule has 0 saturated carbocycles. The van der Waals surface area contributed by atoms with Crippen LogP contribution < -0.4 is 19.6 Å². The Morgan fingerprint density at radius 1 is 1.04 bits per heavy atom. The zero-order valence-corrected chi connectivity index (χ0v) is 15.2. The Labute approximate surface area is 151 Å². The molecule has 0 aliphatic heterocycles. The van der Waals surface area contributed by atoms with Gasteiger partial charge in [-0.05, 0) is 30.7 Å². The molecule has 6 nitrogen and oxygen atoms in total. The van der Waals surface area contributed by atoms with Crippen molar-refractivity contribution in [3.63, 3.8) is 0 Å². The van der Waals surface area contributed by atoms with Crippen LogP contribution in [0, 0.1) is 6.92 Å². The third-order valence-corrected chi connectivity index (χ3v) is 3.95. The summed E-state index contributed by atoms with van der Waals surface area (Å²) in [5, 5.41) is 4.49. The van der Waals surface area contributed by atoms with Crippen LogP contribution in [-0.4, -0.2) is 33.5 Å². The Morgan fingerprint density at radius 2 is 1.68 bits per heavy atom. The van der Waals surface area contributed by atoms with Crippen LogP contribution in [0.4, 0.5) is 0 Å². The van der Waals surface area contributed by atoms with Crippen LogP contribution in [0.5, 0.6) is 17.2 Å². The molecule has 0 atom stereocenters. The molecule has 2 aromatic rings. The fourth-order valence-electron chi connectivity index (χ4n) is 2.11. The number of carbonyl (C=O) groups is 1. The maximum atomic E-state index is 12.1. The SMILES string of the molecule is COc1cc(OC)c(OC)cc1/C=N\NC(=O)c1ccc(C)c(Cl)c1. The summed E-state index contributed by atoms with van der Waals surface area (Å²) in [5.41, 5.74) is 4.41. The van der Waals surface area contributed by atoms with Gasteiger partial charge in [-0.25, -0.2) is 5.43 Å². The average molecular weight is 363 g/mol. The van der Waals surface area contributed by atoms with Crippen LogP contribution in [0.1, 0.15) is 21.5 Å². The summed E-state index contributed by atoms with van der Waals surface area (Å²) in [6, 6.07) is 8.44. The number of ether oxygens (including phenoxy) is 3. The van der Waals surface area contributed by atoms with Crippen molar-refractivity contribution in [2.24, 2.45) is 5.10 Å². The molecule has 0 saturated heterocycles. The molecule has 1 amide bonds. The molecular weight excluding hydrogens is 344 g/mol. The lowest BCUT2D eigenvalue weighted by Crippen LogP contribution is -2.17. The van der Waals surface area contributed by atoms with Gasteiger partial charge in [-0.2, -0.15) is 5.10 Å². The maximum absolute atomic E-state index is 12.1. The van der Waals surface area contributed by atoms with Gasteiger partial charge in [0.25, 0.3) is 5.91 Å². The average Bonchev–Trinajstić information content (AvgIpc) is 2.63. The number of amides is 1. The second-order valence-electron chi connectivity index (χ2n) is 5.11. The van der Waals surface area contributed by atoms with Gasteiger partial charge < -0.3 is 14.2 Å². The highest BCUT2D eigenvalue weighted by atomic mass is 35.5. The van der Waals surface area contributed by atoms with Gasteiger partial charge in [0.2, 0.25) is 0 Å². The van der Waals surface area contributed by atoms with Gasteiger partial charge in [-0.15, -0.1) is 0 Å². The van der Waals surface area contributed by atoms with Crippen molar-refractivity contribution in [1.82, 2.24) is 5.43 Å². The van der Waals surface area contributed by atoms with Crippen molar-refractivity contribution < 1.29 is 19.0 Å².